The molecule has 2 bridgehead atoms. The van der Waals surface area contributed by atoms with Gasteiger partial charge in [0.2, 0.25) is 0 Å². The number of aliphatic hydroxyl groups is 1. The summed E-state index contributed by atoms with van der Waals surface area (Å²) in [4.78, 5) is 0. The minimum atomic E-state index is -0.237. The highest BCUT2D eigenvalue weighted by Gasteiger charge is 2.63. The minimum Gasteiger partial charge on any atom is -0.390 e. The lowest BCUT2D eigenvalue weighted by molar-refractivity contribution is -0.117. The van der Waals surface area contributed by atoms with E-state index >= 15 is 0 Å². The monoisotopic (exact) mass is 280 g/mol. The standard InChI is InChI=1S/C18H32O2/c1-5-20-16-13(7-6-8-15(16)19)14-11-12-9-10-18(14,4)17(12,2)3/h12-16,19H,5-11H2,1-4H3/t12-,13?,14+,15?,16?,18+/m1/s1. The Balaban J connectivity index is 1.85. The Labute approximate surface area is 124 Å². The van der Waals surface area contributed by atoms with Gasteiger partial charge in [-0.15, -0.1) is 0 Å². The molecule has 0 aliphatic heterocycles. The quantitative estimate of drug-likeness (QED) is 0.846. The zero-order valence-corrected chi connectivity index (χ0v) is 13.7. The Kier molecular flexibility index (Phi) is 3.70. The van der Waals surface area contributed by atoms with Crippen LogP contribution < -0.4 is 0 Å². The molecule has 20 heavy (non-hydrogen) atoms. The molecule has 0 saturated heterocycles. The third-order valence-corrected chi connectivity index (χ3v) is 7.58. The summed E-state index contributed by atoms with van der Waals surface area (Å²) in [5, 5.41) is 10.4. The van der Waals surface area contributed by atoms with Crippen LogP contribution in [0, 0.1) is 28.6 Å². The fourth-order valence-corrected chi connectivity index (χ4v) is 5.95. The fraction of sp³-hybridized carbons (Fsp3) is 1.00. The summed E-state index contributed by atoms with van der Waals surface area (Å²) < 4.78 is 5.99. The Hall–Kier alpha value is -0.0800. The predicted molar refractivity (Wildman–Crippen MR) is 81.5 cm³/mol. The van der Waals surface area contributed by atoms with E-state index in [0.717, 1.165) is 24.9 Å². The smallest absolute Gasteiger partial charge is 0.0864 e. The Morgan fingerprint density at radius 3 is 2.45 bits per heavy atom. The van der Waals surface area contributed by atoms with Crippen molar-refractivity contribution in [2.45, 2.75) is 78.4 Å². The topological polar surface area (TPSA) is 29.5 Å². The van der Waals surface area contributed by atoms with E-state index in [1.54, 1.807) is 0 Å². The molecular formula is C18H32O2. The van der Waals surface area contributed by atoms with E-state index in [9.17, 15) is 5.11 Å². The SMILES string of the molecule is CCOC1C(O)CCCC1[C@@H]1C[C@H]2CC[C@]1(C)C2(C)C. The summed E-state index contributed by atoms with van der Waals surface area (Å²) in [7, 11) is 0. The van der Waals surface area contributed by atoms with Gasteiger partial charge in [0.15, 0.2) is 0 Å². The molecule has 3 fully saturated rings. The number of hydrogen-bond donors (Lipinski definition) is 1. The molecule has 0 heterocycles. The molecule has 3 saturated carbocycles. The van der Waals surface area contributed by atoms with Gasteiger partial charge in [-0.1, -0.05) is 27.2 Å². The second kappa shape index (κ2) is 4.98. The van der Waals surface area contributed by atoms with E-state index in [-0.39, 0.29) is 12.2 Å². The molecule has 3 rings (SSSR count). The highest BCUT2D eigenvalue weighted by molar-refractivity contribution is 5.12. The molecule has 0 aromatic carbocycles. The van der Waals surface area contributed by atoms with Gasteiger partial charge in [0, 0.05) is 6.61 Å². The summed E-state index contributed by atoms with van der Waals surface area (Å²) in [6.45, 7) is 10.3. The maximum absolute atomic E-state index is 10.4. The van der Waals surface area contributed by atoms with Crippen molar-refractivity contribution in [1.29, 1.82) is 0 Å². The van der Waals surface area contributed by atoms with E-state index in [4.69, 9.17) is 4.74 Å². The van der Waals surface area contributed by atoms with Crippen LogP contribution in [0.3, 0.4) is 0 Å². The molecular weight excluding hydrogens is 248 g/mol. The minimum absolute atomic E-state index is 0.0886. The largest absolute Gasteiger partial charge is 0.390 e. The van der Waals surface area contributed by atoms with Crippen molar-refractivity contribution in [1.82, 2.24) is 0 Å². The predicted octanol–water partition coefficient (Wildman–Crippen LogP) is 4.01. The highest BCUT2D eigenvalue weighted by atomic mass is 16.5. The molecule has 0 aromatic heterocycles. The molecule has 3 unspecified atom stereocenters. The van der Waals surface area contributed by atoms with Gasteiger partial charge in [-0.05, 0) is 67.6 Å². The fourth-order valence-electron chi connectivity index (χ4n) is 5.95. The van der Waals surface area contributed by atoms with Crippen LogP contribution in [0.4, 0.5) is 0 Å². The van der Waals surface area contributed by atoms with Gasteiger partial charge in [0.25, 0.3) is 0 Å². The molecule has 2 heteroatoms. The molecule has 3 aliphatic rings. The summed E-state index contributed by atoms with van der Waals surface area (Å²) in [6, 6.07) is 0. The number of hydrogen-bond acceptors (Lipinski definition) is 2. The van der Waals surface area contributed by atoms with E-state index in [1.165, 1.54) is 32.1 Å². The third kappa shape index (κ3) is 1.90. The van der Waals surface area contributed by atoms with Crippen molar-refractivity contribution in [3.8, 4) is 0 Å². The van der Waals surface area contributed by atoms with Gasteiger partial charge in [-0.2, -0.15) is 0 Å². The summed E-state index contributed by atoms with van der Waals surface area (Å²) in [6.07, 6.45) is 7.36. The normalized spacial score (nSPS) is 50.5. The van der Waals surface area contributed by atoms with Gasteiger partial charge >= 0.3 is 0 Å². The summed E-state index contributed by atoms with van der Waals surface area (Å²) in [5.74, 6) is 2.22. The van der Waals surface area contributed by atoms with Crippen LogP contribution >= 0.6 is 0 Å². The first-order valence-electron chi connectivity index (χ1n) is 8.71. The molecule has 0 spiro atoms. The highest BCUT2D eigenvalue weighted by Crippen LogP contribution is 2.70. The lowest BCUT2D eigenvalue weighted by atomic mass is 9.60. The van der Waals surface area contributed by atoms with Crippen LogP contribution in [0.15, 0.2) is 0 Å². The van der Waals surface area contributed by atoms with Gasteiger partial charge in [0.05, 0.1) is 12.2 Å². The Morgan fingerprint density at radius 2 is 1.90 bits per heavy atom. The number of rotatable bonds is 3. The maximum Gasteiger partial charge on any atom is 0.0864 e. The van der Waals surface area contributed by atoms with E-state index in [1.807, 2.05) is 0 Å². The summed E-state index contributed by atoms with van der Waals surface area (Å²) >= 11 is 0. The molecule has 116 valence electrons. The van der Waals surface area contributed by atoms with E-state index in [0.29, 0.717) is 16.7 Å². The van der Waals surface area contributed by atoms with Crippen molar-refractivity contribution in [3.63, 3.8) is 0 Å². The Morgan fingerprint density at radius 1 is 1.15 bits per heavy atom. The lowest BCUT2D eigenvalue weighted by Crippen LogP contribution is -2.47. The summed E-state index contributed by atoms with van der Waals surface area (Å²) in [5.41, 5.74) is 0.922. The lowest BCUT2D eigenvalue weighted by Gasteiger charge is -2.47. The van der Waals surface area contributed by atoms with E-state index in [2.05, 4.69) is 27.7 Å². The molecule has 3 aliphatic carbocycles. The van der Waals surface area contributed by atoms with Crippen molar-refractivity contribution < 1.29 is 9.84 Å². The number of ether oxygens (including phenoxy) is 1. The Bertz CT molecular complexity index is 364. The van der Waals surface area contributed by atoms with Gasteiger partial charge in [-0.3, -0.25) is 0 Å². The van der Waals surface area contributed by atoms with E-state index < -0.39 is 0 Å². The van der Waals surface area contributed by atoms with Crippen LogP contribution in [0.2, 0.25) is 0 Å². The van der Waals surface area contributed by atoms with Crippen molar-refractivity contribution in [3.05, 3.63) is 0 Å². The molecule has 6 atom stereocenters. The zero-order chi connectivity index (χ0) is 14.5. The van der Waals surface area contributed by atoms with Gasteiger partial charge < -0.3 is 9.84 Å². The zero-order valence-electron chi connectivity index (χ0n) is 13.7. The average molecular weight is 280 g/mol. The van der Waals surface area contributed by atoms with Crippen molar-refractivity contribution in [2.75, 3.05) is 6.61 Å². The van der Waals surface area contributed by atoms with Crippen LogP contribution in [0.1, 0.15) is 66.2 Å². The van der Waals surface area contributed by atoms with Gasteiger partial charge in [0.1, 0.15) is 0 Å². The maximum atomic E-state index is 10.4. The number of aliphatic hydroxyl groups excluding tert-OH is 1. The number of fused-ring (bicyclic) bond motifs is 2. The van der Waals surface area contributed by atoms with Crippen molar-refractivity contribution >= 4 is 0 Å². The molecule has 0 amide bonds. The first-order chi connectivity index (χ1) is 9.41. The molecule has 0 radical (unpaired) electrons. The van der Waals surface area contributed by atoms with Crippen LogP contribution in [0.25, 0.3) is 0 Å². The molecule has 0 aromatic rings. The first-order valence-corrected chi connectivity index (χ1v) is 8.71. The van der Waals surface area contributed by atoms with Gasteiger partial charge in [-0.25, -0.2) is 0 Å². The second-order valence-corrected chi connectivity index (χ2v) is 8.30. The first kappa shape index (κ1) is 14.8. The molecule has 1 N–H and O–H groups in total. The molecule has 2 nitrogen and oxygen atoms in total. The van der Waals surface area contributed by atoms with Crippen LogP contribution in [-0.2, 0) is 4.74 Å². The van der Waals surface area contributed by atoms with Crippen LogP contribution in [0.5, 0.6) is 0 Å². The van der Waals surface area contributed by atoms with Crippen molar-refractivity contribution in [2.24, 2.45) is 28.6 Å². The van der Waals surface area contributed by atoms with Crippen LogP contribution in [-0.4, -0.2) is 23.9 Å². The second-order valence-electron chi connectivity index (χ2n) is 8.30. The third-order valence-electron chi connectivity index (χ3n) is 7.58. The average Bonchev–Trinajstić information content (AvgIpc) is 2.74.